The zero-order chi connectivity index (χ0) is 15.4. The fourth-order valence-corrected chi connectivity index (χ4v) is 2.61. The third kappa shape index (κ3) is 5.71. The summed E-state index contributed by atoms with van der Waals surface area (Å²) in [6.07, 6.45) is 0.113. The molecule has 0 spiro atoms. The van der Waals surface area contributed by atoms with Crippen LogP contribution in [0.2, 0.25) is 0 Å². The van der Waals surface area contributed by atoms with Crippen molar-refractivity contribution in [1.82, 2.24) is 10.0 Å². The number of benzene rings is 1. The Balaban J connectivity index is 2.53. The molecule has 2 N–H and O–H groups in total. The standard InChI is InChI=1S/C14H22N2O3S/c1-11-5-7-12(8-6-11)20(18,19)15-10-9-13(17)16-14(2,3)4/h5-8,15H,9-10H2,1-4H3,(H,16,17). The van der Waals surface area contributed by atoms with Crippen molar-refractivity contribution in [2.75, 3.05) is 6.54 Å². The molecule has 5 nitrogen and oxygen atoms in total. The summed E-state index contributed by atoms with van der Waals surface area (Å²) in [5, 5.41) is 2.78. The maximum Gasteiger partial charge on any atom is 0.240 e. The molecule has 0 aliphatic heterocycles. The summed E-state index contributed by atoms with van der Waals surface area (Å²) < 4.78 is 26.4. The molecule has 0 aromatic heterocycles. The van der Waals surface area contributed by atoms with E-state index in [-0.39, 0.29) is 29.3 Å². The second-order valence-electron chi connectivity index (χ2n) is 5.76. The van der Waals surface area contributed by atoms with Gasteiger partial charge in [-0.05, 0) is 39.8 Å². The molecule has 0 unspecified atom stereocenters. The molecule has 0 heterocycles. The van der Waals surface area contributed by atoms with Crippen LogP contribution in [0.15, 0.2) is 29.2 Å². The fraction of sp³-hybridized carbons (Fsp3) is 0.500. The molecule has 20 heavy (non-hydrogen) atoms. The van der Waals surface area contributed by atoms with E-state index in [1.54, 1.807) is 24.3 Å². The van der Waals surface area contributed by atoms with E-state index in [4.69, 9.17) is 0 Å². The number of hydrogen-bond donors (Lipinski definition) is 2. The van der Waals surface area contributed by atoms with Crippen molar-refractivity contribution in [1.29, 1.82) is 0 Å². The van der Waals surface area contributed by atoms with Crippen LogP contribution in [-0.4, -0.2) is 26.4 Å². The molecular formula is C14H22N2O3S. The van der Waals surface area contributed by atoms with Crippen LogP contribution in [0.1, 0.15) is 32.8 Å². The third-order valence-electron chi connectivity index (χ3n) is 2.49. The maximum absolute atomic E-state index is 12.0. The first kappa shape index (κ1) is 16.7. The van der Waals surface area contributed by atoms with Gasteiger partial charge in [0.2, 0.25) is 15.9 Å². The van der Waals surface area contributed by atoms with Crippen molar-refractivity contribution in [3.63, 3.8) is 0 Å². The topological polar surface area (TPSA) is 75.3 Å². The van der Waals surface area contributed by atoms with Crippen molar-refractivity contribution in [2.45, 2.75) is 44.6 Å². The van der Waals surface area contributed by atoms with E-state index in [0.29, 0.717) is 0 Å². The first-order valence-corrected chi connectivity index (χ1v) is 7.96. The molecule has 6 heteroatoms. The molecule has 1 aromatic rings. The predicted octanol–water partition coefficient (Wildman–Crippen LogP) is 1.58. The Bertz CT molecular complexity index is 557. The van der Waals surface area contributed by atoms with Gasteiger partial charge >= 0.3 is 0 Å². The van der Waals surface area contributed by atoms with Crippen LogP contribution in [0.3, 0.4) is 0 Å². The Kier molecular flexibility index (Phi) is 5.30. The number of hydrogen-bond acceptors (Lipinski definition) is 3. The van der Waals surface area contributed by atoms with Crippen LogP contribution in [0.25, 0.3) is 0 Å². The molecule has 1 amide bonds. The van der Waals surface area contributed by atoms with Gasteiger partial charge in [0.1, 0.15) is 0 Å². The Morgan fingerprint density at radius 1 is 1.15 bits per heavy atom. The summed E-state index contributed by atoms with van der Waals surface area (Å²) in [5.74, 6) is -0.177. The number of aryl methyl sites for hydroxylation is 1. The lowest BCUT2D eigenvalue weighted by molar-refractivity contribution is -0.122. The quantitative estimate of drug-likeness (QED) is 0.866. The summed E-state index contributed by atoms with van der Waals surface area (Å²) in [6, 6.07) is 6.57. The van der Waals surface area contributed by atoms with Gasteiger partial charge in [-0.3, -0.25) is 4.79 Å². The Hall–Kier alpha value is -1.40. The lowest BCUT2D eigenvalue weighted by atomic mass is 10.1. The highest BCUT2D eigenvalue weighted by Crippen LogP contribution is 2.09. The van der Waals surface area contributed by atoms with Gasteiger partial charge < -0.3 is 5.32 Å². The highest BCUT2D eigenvalue weighted by molar-refractivity contribution is 7.89. The van der Waals surface area contributed by atoms with Crippen LogP contribution in [0.5, 0.6) is 0 Å². The second-order valence-corrected chi connectivity index (χ2v) is 7.53. The Labute approximate surface area is 120 Å². The minimum absolute atomic E-state index is 0.0815. The molecule has 0 radical (unpaired) electrons. The molecule has 0 atom stereocenters. The first-order valence-electron chi connectivity index (χ1n) is 6.47. The second kappa shape index (κ2) is 6.37. The average Bonchev–Trinajstić information content (AvgIpc) is 2.26. The third-order valence-corrected chi connectivity index (χ3v) is 3.97. The van der Waals surface area contributed by atoms with E-state index in [2.05, 4.69) is 10.0 Å². The fourth-order valence-electron chi connectivity index (χ4n) is 1.58. The summed E-state index contributed by atoms with van der Waals surface area (Å²) in [7, 11) is -3.55. The van der Waals surface area contributed by atoms with E-state index in [9.17, 15) is 13.2 Å². The van der Waals surface area contributed by atoms with Gasteiger partial charge in [-0.15, -0.1) is 0 Å². The van der Waals surface area contributed by atoms with Crippen LogP contribution in [-0.2, 0) is 14.8 Å². The van der Waals surface area contributed by atoms with Crippen molar-refractivity contribution in [3.05, 3.63) is 29.8 Å². The van der Waals surface area contributed by atoms with Crippen LogP contribution < -0.4 is 10.0 Å². The first-order chi connectivity index (χ1) is 9.10. The highest BCUT2D eigenvalue weighted by atomic mass is 32.2. The summed E-state index contributed by atoms with van der Waals surface area (Å²) >= 11 is 0. The summed E-state index contributed by atoms with van der Waals surface area (Å²) in [4.78, 5) is 11.8. The van der Waals surface area contributed by atoms with Crippen molar-refractivity contribution < 1.29 is 13.2 Å². The molecular weight excluding hydrogens is 276 g/mol. The Morgan fingerprint density at radius 2 is 1.70 bits per heavy atom. The largest absolute Gasteiger partial charge is 0.351 e. The lowest BCUT2D eigenvalue weighted by Crippen LogP contribution is -2.41. The van der Waals surface area contributed by atoms with Crippen LogP contribution in [0.4, 0.5) is 0 Å². The van der Waals surface area contributed by atoms with Gasteiger partial charge in [-0.25, -0.2) is 13.1 Å². The predicted molar refractivity (Wildman–Crippen MR) is 78.9 cm³/mol. The SMILES string of the molecule is Cc1ccc(S(=O)(=O)NCCC(=O)NC(C)(C)C)cc1. The minimum atomic E-state index is -3.55. The number of amides is 1. The van der Waals surface area contributed by atoms with Gasteiger partial charge in [0.25, 0.3) is 0 Å². The van der Waals surface area contributed by atoms with E-state index in [0.717, 1.165) is 5.56 Å². The smallest absolute Gasteiger partial charge is 0.240 e. The molecule has 0 bridgehead atoms. The molecule has 1 aromatic carbocycles. The van der Waals surface area contributed by atoms with Crippen LogP contribution in [0, 0.1) is 6.92 Å². The average molecular weight is 298 g/mol. The van der Waals surface area contributed by atoms with E-state index in [1.807, 2.05) is 27.7 Å². The maximum atomic E-state index is 12.0. The van der Waals surface area contributed by atoms with Gasteiger partial charge in [0.15, 0.2) is 0 Å². The van der Waals surface area contributed by atoms with E-state index >= 15 is 0 Å². The lowest BCUT2D eigenvalue weighted by Gasteiger charge is -2.20. The highest BCUT2D eigenvalue weighted by Gasteiger charge is 2.16. The number of sulfonamides is 1. The van der Waals surface area contributed by atoms with Crippen molar-refractivity contribution in [3.8, 4) is 0 Å². The molecule has 0 aliphatic carbocycles. The number of carbonyl (C=O) groups is 1. The molecule has 0 aliphatic rings. The van der Waals surface area contributed by atoms with Crippen LogP contribution >= 0.6 is 0 Å². The minimum Gasteiger partial charge on any atom is -0.351 e. The van der Waals surface area contributed by atoms with Gasteiger partial charge in [-0.2, -0.15) is 0 Å². The zero-order valence-corrected chi connectivity index (χ0v) is 13.2. The molecule has 112 valence electrons. The molecule has 1 rings (SSSR count). The molecule has 0 saturated heterocycles. The van der Waals surface area contributed by atoms with E-state index < -0.39 is 10.0 Å². The summed E-state index contributed by atoms with van der Waals surface area (Å²) in [6.45, 7) is 7.60. The monoisotopic (exact) mass is 298 g/mol. The van der Waals surface area contributed by atoms with Gasteiger partial charge in [-0.1, -0.05) is 17.7 Å². The number of carbonyl (C=O) groups excluding carboxylic acids is 1. The molecule has 0 fully saturated rings. The van der Waals surface area contributed by atoms with Crippen molar-refractivity contribution in [2.24, 2.45) is 0 Å². The van der Waals surface area contributed by atoms with Gasteiger partial charge in [0.05, 0.1) is 4.90 Å². The summed E-state index contributed by atoms with van der Waals surface area (Å²) in [5.41, 5.74) is 0.681. The van der Waals surface area contributed by atoms with Crippen molar-refractivity contribution >= 4 is 15.9 Å². The number of nitrogens with one attached hydrogen (secondary N) is 2. The zero-order valence-electron chi connectivity index (χ0n) is 12.4. The number of rotatable bonds is 5. The Morgan fingerprint density at radius 3 is 2.20 bits per heavy atom. The van der Waals surface area contributed by atoms with E-state index in [1.165, 1.54) is 0 Å². The van der Waals surface area contributed by atoms with Gasteiger partial charge in [0, 0.05) is 18.5 Å². The molecule has 0 saturated carbocycles. The normalized spacial score (nSPS) is 12.2.